The molecule has 0 fully saturated rings. The third-order valence-corrected chi connectivity index (χ3v) is 1.56. The summed E-state index contributed by atoms with van der Waals surface area (Å²) in [5, 5.41) is 8.61. The predicted molar refractivity (Wildman–Crippen MR) is 34.4 cm³/mol. The van der Waals surface area contributed by atoms with E-state index in [9.17, 15) is 22.0 Å². The first kappa shape index (κ1) is 10.0. The van der Waals surface area contributed by atoms with E-state index in [2.05, 4.69) is 0 Å². The van der Waals surface area contributed by atoms with Gasteiger partial charge in [0.2, 0.25) is 0 Å². The van der Waals surface area contributed by atoms with Crippen LogP contribution < -0.4 is 0 Å². The number of aliphatic hydroxyl groups excluding tert-OH is 1. The summed E-state index contributed by atoms with van der Waals surface area (Å²) in [5.74, 6) is -2.48. The highest BCUT2D eigenvalue weighted by Crippen LogP contribution is 2.38. The van der Waals surface area contributed by atoms with Crippen molar-refractivity contribution >= 4 is 0 Å². The Morgan fingerprint density at radius 2 is 1.92 bits per heavy atom. The van der Waals surface area contributed by atoms with E-state index in [1.165, 1.54) is 0 Å². The van der Waals surface area contributed by atoms with Crippen molar-refractivity contribution in [1.29, 1.82) is 0 Å². The topological polar surface area (TPSA) is 20.2 Å². The third-order valence-electron chi connectivity index (χ3n) is 1.56. The van der Waals surface area contributed by atoms with Crippen LogP contribution in [0, 0.1) is 0 Å². The zero-order chi connectivity index (χ0) is 10.2. The number of allylic oxidation sites excluding steroid dienone is 4. The van der Waals surface area contributed by atoms with Gasteiger partial charge < -0.3 is 5.11 Å². The molecule has 6 heteroatoms. The molecule has 1 aliphatic rings. The number of alkyl halides is 4. The van der Waals surface area contributed by atoms with Crippen molar-refractivity contribution in [2.75, 3.05) is 0 Å². The van der Waals surface area contributed by atoms with Gasteiger partial charge in [0.25, 0.3) is 0 Å². The lowest BCUT2D eigenvalue weighted by Crippen LogP contribution is -2.25. The van der Waals surface area contributed by atoms with E-state index in [4.69, 9.17) is 5.11 Å². The molecule has 74 valence electrons. The third kappa shape index (κ3) is 1.99. The maximum atomic E-state index is 12.6. The molecular weight excluding hydrogens is 195 g/mol. The molecule has 1 N–H and O–H groups in total. The van der Waals surface area contributed by atoms with Gasteiger partial charge in [-0.3, -0.25) is 0 Å². The second-order valence-corrected chi connectivity index (χ2v) is 2.57. The minimum atomic E-state index is -5.03. The van der Waals surface area contributed by atoms with Crippen LogP contribution in [-0.4, -0.2) is 17.5 Å². The van der Waals surface area contributed by atoms with Crippen LogP contribution in [0.2, 0.25) is 0 Å². The zero-order valence-electron chi connectivity index (χ0n) is 6.20. The standard InChI is InChI=1S/C7H5F5O/c8-4-1-3(13)2-5(9)6(4)7(10,11)12/h1,5,13H,2H2. The number of hydrogen-bond donors (Lipinski definition) is 1. The second kappa shape index (κ2) is 3.01. The Morgan fingerprint density at radius 3 is 2.31 bits per heavy atom. The minimum absolute atomic E-state index is 0.277. The molecule has 0 spiro atoms. The van der Waals surface area contributed by atoms with Gasteiger partial charge in [0, 0.05) is 12.5 Å². The van der Waals surface area contributed by atoms with E-state index >= 15 is 0 Å². The van der Waals surface area contributed by atoms with Crippen molar-refractivity contribution in [1.82, 2.24) is 0 Å². The summed E-state index contributed by atoms with van der Waals surface area (Å²) in [4.78, 5) is 0. The summed E-state index contributed by atoms with van der Waals surface area (Å²) in [7, 11) is 0. The van der Waals surface area contributed by atoms with Gasteiger partial charge in [-0.05, 0) is 0 Å². The molecule has 1 atom stereocenters. The van der Waals surface area contributed by atoms with Crippen LogP contribution in [0.1, 0.15) is 6.42 Å². The molecule has 1 nitrogen and oxygen atoms in total. The molecule has 1 aliphatic carbocycles. The van der Waals surface area contributed by atoms with Crippen molar-refractivity contribution in [3.05, 3.63) is 23.2 Å². The van der Waals surface area contributed by atoms with E-state index in [0.717, 1.165) is 0 Å². The van der Waals surface area contributed by atoms with Crippen LogP contribution in [0.3, 0.4) is 0 Å². The SMILES string of the molecule is OC1=CC(F)=C(C(F)(F)F)C(F)C1. The smallest absolute Gasteiger partial charge is 0.418 e. The molecule has 0 radical (unpaired) electrons. The Kier molecular flexibility index (Phi) is 2.32. The summed E-state index contributed by atoms with van der Waals surface area (Å²) in [6.07, 6.45) is -8.10. The highest BCUT2D eigenvalue weighted by atomic mass is 19.4. The fourth-order valence-corrected chi connectivity index (χ4v) is 1.03. The Bertz CT molecular complexity index is 275. The average Bonchev–Trinajstić information content (AvgIpc) is 1.78. The maximum absolute atomic E-state index is 12.6. The highest BCUT2D eigenvalue weighted by molar-refractivity contribution is 5.32. The predicted octanol–water partition coefficient (Wildman–Crippen LogP) is 2.96. The molecule has 1 rings (SSSR count). The average molecular weight is 200 g/mol. The summed E-state index contributed by atoms with van der Waals surface area (Å²) < 4.78 is 60.9. The molecule has 0 aliphatic heterocycles. The van der Waals surface area contributed by atoms with Gasteiger partial charge in [0.1, 0.15) is 17.6 Å². The van der Waals surface area contributed by atoms with Crippen LogP contribution >= 0.6 is 0 Å². The Balaban J connectivity index is 3.12. The zero-order valence-corrected chi connectivity index (χ0v) is 6.20. The van der Waals surface area contributed by atoms with E-state index in [1.807, 2.05) is 0 Å². The molecule has 1 unspecified atom stereocenters. The first-order valence-corrected chi connectivity index (χ1v) is 3.33. The lowest BCUT2D eigenvalue weighted by Gasteiger charge is -2.19. The molecule has 0 heterocycles. The van der Waals surface area contributed by atoms with Crippen molar-refractivity contribution in [2.24, 2.45) is 0 Å². The van der Waals surface area contributed by atoms with Crippen molar-refractivity contribution in [2.45, 2.75) is 18.8 Å². The summed E-state index contributed by atoms with van der Waals surface area (Å²) in [6.45, 7) is 0. The van der Waals surface area contributed by atoms with E-state index < -0.39 is 35.9 Å². The van der Waals surface area contributed by atoms with Crippen LogP contribution in [-0.2, 0) is 0 Å². The van der Waals surface area contributed by atoms with Crippen molar-refractivity contribution in [3.63, 3.8) is 0 Å². The van der Waals surface area contributed by atoms with Gasteiger partial charge in [-0.1, -0.05) is 0 Å². The summed E-state index contributed by atoms with van der Waals surface area (Å²) >= 11 is 0. The summed E-state index contributed by atoms with van der Waals surface area (Å²) in [6, 6.07) is 0. The monoisotopic (exact) mass is 200 g/mol. The van der Waals surface area contributed by atoms with Gasteiger partial charge in [-0.25, -0.2) is 8.78 Å². The van der Waals surface area contributed by atoms with Crippen LogP contribution in [0.25, 0.3) is 0 Å². The van der Waals surface area contributed by atoms with Gasteiger partial charge >= 0.3 is 6.18 Å². The second-order valence-electron chi connectivity index (χ2n) is 2.57. The molecule has 0 saturated heterocycles. The van der Waals surface area contributed by atoms with Crippen LogP contribution in [0.15, 0.2) is 23.2 Å². The highest BCUT2D eigenvalue weighted by Gasteiger charge is 2.43. The molecule has 0 bridgehead atoms. The number of hydrogen-bond acceptors (Lipinski definition) is 1. The van der Waals surface area contributed by atoms with E-state index in [0.29, 0.717) is 0 Å². The number of halogens is 5. The van der Waals surface area contributed by atoms with Gasteiger partial charge in [-0.15, -0.1) is 0 Å². The molecule has 0 saturated carbocycles. The van der Waals surface area contributed by atoms with Gasteiger partial charge in [0.05, 0.1) is 5.76 Å². The Labute approximate surface area is 70.2 Å². The number of rotatable bonds is 0. The van der Waals surface area contributed by atoms with E-state index in [-0.39, 0.29) is 6.08 Å². The minimum Gasteiger partial charge on any atom is -0.512 e. The lowest BCUT2D eigenvalue weighted by molar-refractivity contribution is -0.103. The molecular formula is C7H5F5O. The Morgan fingerprint density at radius 1 is 1.38 bits per heavy atom. The lowest BCUT2D eigenvalue weighted by atomic mass is 10.0. The molecule has 0 aromatic rings. The molecule has 13 heavy (non-hydrogen) atoms. The first-order chi connectivity index (χ1) is 5.82. The molecule has 0 aromatic carbocycles. The molecule has 0 amide bonds. The van der Waals surface area contributed by atoms with Gasteiger partial charge in [0.15, 0.2) is 0 Å². The van der Waals surface area contributed by atoms with Crippen LogP contribution in [0.5, 0.6) is 0 Å². The van der Waals surface area contributed by atoms with E-state index in [1.54, 1.807) is 0 Å². The van der Waals surface area contributed by atoms with Crippen molar-refractivity contribution < 1.29 is 27.1 Å². The quantitative estimate of drug-likeness (QED) is 0.596. The van der Waals surface area contributed by atoms with Crippen molar-refractivity contribution in [3.8, 4) is 0 Å². The number of aliphatic hydroxyl groups is 1. The summed E-state index contributed by atoms with van der Waals surface area (Å²) in [5.41, 5.74) is -1.86. The fraction of sp³-hybridized carbons (Fsp3) is 0.429. The largest absolute Gasteiger partial charge is 0.512 e. The normalized spacial score (nSPS) is 24.7. The van der Waals surface area contributed by atoms with Crippen LogP contribution in [0.4, 0.5) is 22.0 Å². The maximum Gasteiger partial charge on any atom is 0.418 e. The van der Waals surface area contributed by atoms with Gasteiger partial charge in [-0.2, -0.15) is 13.2 Å². The first-order valence-electron chi connectivity index (χ1n) is 3.33. The Hall–Kier alpha value is -1.07. The molecule has 0 aromatic heterocycles. The fourth-order valence-electron chi connectivity index (χ4n) is 1.03.